The predicted octanol–water partition coefficient (Wildman–Crippen LogP) is 3.56. The Morgan fingerprint density at radius 2 is 1.76 bits per heavy atom. The first-order valence-corrected chi connectivity index (χ1v) is 10.8. The van der Waals surface area contributed by atoms with E-state index in [0.717, 1.165) is 62.1 Å². The van der Waals surface area contributed by atoms with Crippen LogP contribution in [0.15, 0.2) is 30.5 Å². The van der Waals surface area contributed by atoms with Gasteiger partial charge in [-0.2, -0.15) is 0 Å². The molecule has 2 aliphatic rings. The second-order valence-electron chi connectivity index (χ2n) is 8.71. The maximum absolute atomic E-state index is 12.8. The number of carbonyl (C=O) groups excluding carboxylic acids is 1. The van der Waals surface area contributed by atoms with Crippen LogP contribution in [0.25, 0.3) is 0 Å². The summed E-state index contributed by atoms with van der Waals surface area (Å²) in [6.45, 7) is 10.6. The van der Waals surface area contributed by atoms with E-state index in [-0.39, 0.29) is 5.91 Å². The number of aromatic amines is 1. The molecule has 2 saturated heterocycles. The third-order valence-corrected chi connectivity index (χ3v) is 6.29. The number of hydrogen-bond donors (Lipinski definition) is 2. The Labute approximate surface area is 173 Å². The normalized spacial score (nSPS) is 18.9. The van der Waals surface area contributed by atoms with Crippen molar-refractivity contribution in [1.29, 1.82) is 0 Å². The molecule has 0 unspecified atom stereocenters. The molecular weight excluding hydrogens is 362 g/mol. The van der Waals surface area contributed by atoms with Crippen molar-refractivity contribution in [3.63, 3.8) is 0 Å². The van der Waals surface area contributed by atoms with E-state index in [1.807, 2.05) is 19.2 Å². The number of aryl methyl sites for hydroxylation is 1. The fourth-order valence-corrected chi connectivity index (χ4v) is 4.22. The van der Waals surface area contributed by atoms with E-state index < -0.39 is 0 Å². The monoisotopic (exact) mass is 395 g/mol. The number of rotatable bonds is 4. The third kappa shape index (κ3) is 4.58. The summed E-state index contributed by atoms with van der Waals surface area (Å²) in [5.41, 5.74) is 4.95. The smallest absolute Gasteiger partial charge is 0.272 e. The first-order valence-electron chi connectivity index (χ1n) is 10.8. The second-order valence-corrected chi connectivity index (χ2v) is 8.71. The molecule has 0 saturated carbocycles. The number of piperidine rings is 1. The van der Waals surface area contributed by atoms with E-state index in [1.165, 1.54) is 18.5 Å². The van der Waals surface area contributed by atoms with Gasteiger partial charge in [0, 0.05) is 51.2 Å². The van der Waals surface area contributed by atoms with E-state index in [0.29, 0.717) is 5.69 Å². The fourth-order valence-electron chi connectivity index (χ4n) is 4.22. The number of likely N-dealkylation sites (N-methyl/N-ethyl adjacent to an activating group) is 1. The molecule has 156 valence electrons. The van der Waals surface area contributed by atoms with Crippen LogP contribution in [0, 0.1) is 12.8 Å². The van der Waals surface area contributed by atoms with Crippen LogP contribution in [0.1, 0.15) is 35.8 Å². The van der Waals surface area contributed by atoms with Gasteiger partial charge in [0.1, 0.15) is 5.69 Å². The lowest BCUT2D eigenvalue weighted by Gasteiger charge is -2.37. The van der Waals surface area contributed by atoms with E-state index in [9.17, 15) is 4.79 Å². The van der Waals surface area contributed by atoms with Gasteiger partial charge in [0.15, 0.2) is 0 Å². The fraction of sp³-hybridized carbons (Fsp3) is 0.522. The van der Waals surface area contributed by atoms with Crippen molar-refractivity contribution in [2.75, 3.05) is 61.4 Å². The maximum Gasteiger partial charge on any atom is 0.272 e. The van der Waals surface area contributed by atoms with E-state index in [1.54, 1.807) is 0 Å². The van der Waals surface area contributed by atoms with Gasteiger partial charge in [-0.15, -0.1) is 0 Å². The molecule has 1 aromatic carbocycles. The molecule has 2 fully saturated rings. The van der Waals surface area contributed by atoms with Crippen molar-refractivity contribution >= 4 is 23.0 Å². The lowest BCUT2D eigenvalue weighted by molar-refractivity contribution is 0.102. The van der Waals surface area contributed by atoms with Crippen LogP contribution in [0.4, 0.5) is 17.1 Å². The highest BCUT2D eigenvalue weighted by molar-refractivity contribution is 6.05. The molecule has 0 aliphatic carbocycles. The zero-order valence-electron chi connectivity index (χ0n) is 17.9. The molecule has 1 aromatic heterocycles. The van der Waals surface area contributed by atoms with Crippen molar-refractivity contribution < 1.29 is 4.79 Å². The van der Waals surface area contributed by atoms with Crippen LogP contribution in [0.2, 0.25) is 0 Å². The van der Waals surface area contributed by atoms with E-state index in [2.05, 4.69) is 57.2 Å². The highest BCUT2D eigenvalue weighted by Gasteiger charge is 2.22. The molecule has 3 heterocycles. The average Bonchev–Trinajstić information content (AvgIpc) is 3.16. The average molecular weight is 396 g/mol. The highest BCUT2D eigenvalue weighted by atomic mass is 16.1. The Morgan fingerprint density at radius 3 is 2.41 bits per heavy atom. The lowest BCUT2D eigenvalue weighted by atomic mass is 9.98. The number of amides is 1. The summed E-state index contributed by atoms with van der Waals surface area (Å²) in [5.74, 6) is 0.684. The number of H-pyrrole nitrogens is 1. The Morgan fingerprint density at radius 1 is 1.03 bits per heavy atom. The summed E-state index contributed by atoms with van der Waals surface area (Å²) in [6, 6.07) is 8.39. The number of anilines is 3. The number of benzene rings is 1. The summed E-state index contributed by atoms with van der Waals surface area (Å²) in [4.78, 5) is 23.1. The molecule has 0 bridgehead atoms. The van der Waals surface area contributed by atoms with Crippen LogP contribution in [-0.2, 0) is 0 Å². The molecule has 2 aliphatic heterocycles. The van der Waals surface area contributed by atoms with Gasteiger partial charge in [-0.1, -0.05) is 6.92 Å². The second kappa shape index (κ2) is 8.49. The molecule has 6 nitrogen and oxygen atoms in total. The van der Waals surface area contributed by atoms with Gasteiger partial charge in [0.05, 0.1) is 11.4 Å². The number of aromatic nitrogens is 1. The molecular formula is C23H33N5O. The Kier molecular flexibility index (Phi) is 5.81. The van der Waals surface area contributed by atoms with Crippen molar-refractivity contribution in [1.82, 2.24) is 9.88 Å². The Hall–Kier alpha value is -2.47. The minimum Gasteiger partial charge on any atom is -0.370 e. The number of piperazine rings is 1. The number of nitrogens with one attached hydrogen (secondary N) is 2. The standard InChI is InChI=1S/C23H33N5O/c1-17-6-8-28(9-7-17)22-15-19(27-12-10-26(3)11-13-27)4-5-20(22)25-23(29)21-14-18(2)16-24-21/h4-5,14-17,24H,6-13H2,1-3H3,(H,25,29). The van der Waals surface area contributed by atoms with E-state index in [4.69, 9.17) is 0 Å². The van der Waals surface area contributed by atoms with Gasteiger partial charge < -0.3 is 25.0 Å². The predicted molar refractivity (Wildman–Crippen MR) is 120 cm³/mol. The van der Waals surface area contributed by atoms with Crippen LogP contribution in [-0.4, -0.2) is 62.1 Å². The maximum atomic E-state index is 12.8. The zero-order chi connectivity index (χ0) is 20.4. The molecule has 0 spiro atoms. The third-order valence-electron chi connectivity index (χ3n) is 6.29. The first-order chi connectivity index (χ1) is 14.0. The summed E-state index contributed by atoms with van der Waals surface area (Å²) in [6.07, 6.45) is 4.25. The summed E-state index contributed by atoms with van der Waals surface area (Å²) < 4.78 is 0. The SMILES string of the molecule is Cc1c[nH]c(C(=O)Nc2ccc(N3CCN(C)CC3)cc2N2CCC(C)CC2)c1. The number of nitrogens with zero attached hydrogens (tertiary/aromatic N) is 3. The summed E-state index contributed by atoms with van der Waals surface area (Å²) >= 11 is 0. The molecule has 4 rings (SSSR count). The van der Waals surface area contributed by atoms with Gasteiger partial charge in [-0.05, 0) is 62.6 Å². The van der Waals surface area contributed by atoms with Crippen molar-refractivity contribution in [2.24, 2.45) is 5.92 Å². The molecule has 2 aromatic rings. The molecule has 6 heteroatoms. The topological polar surface area (TPSA) is 54.6 Å². The Balaban J connectivity index is 1.59. The van der Waals surface area contributed by atoms with Gasteiger partial charge in [-0.3, -0.25) is 4.79 Å². The van der Waals surface area contributed by atoms with Crippen molar-refractivity contribution in [2.45, 2.75) is 26.7 Å². The van der Waals surface area contributed by atoms with Gasteiger partial charge in [0.2, 0.25) is 0 Å². The van der Waals surface area contributed by atoms with Crippen molar-refractivity contribution in [3.05, 3.63) is 41.7 Å². The molecule has 0 atom stereocenters. The zero-order valence-corrected chi connectivity index (χ0v) is 17.9. The first kappa shape index (κ1) is 19.8. The van der Waals surface area contributed by atoms with Gasteiger partial charge >= 0.3 is 0 Å². The minimum absolute atomic E-state index is 0.0860. The summed E-state index contributed by atoms with van der Waals surface area (Å²) in [5, 5.41) is 3.15. The van der Waals surface area contributed by atoms with Gasteiger partial charge in [-0.25, -0.2) is 0 Å². The van der Waals surface area contributed by atoms with Crippen LogP contribution in [0.5, 0.6) is 0 Å². The molecule has 29 heavy (non-hydrogen) atoms. The van der Waals surface area contributed by atoms with E-state index >= 15 is 0 Å². The number of hydrogen-bond acceptors (Lipinski definition) is 4. The van der Waals surface area contributed by atoms with Crippen molar-refractivity contribution in [3.8, 4) is 0 Å². The quantitative estimate of drug-likeness (QED) is 0.831. The van der Waals surface area contributed by atoms with Crippen LogP contribution in [0.3, 0.4) is 0 Å². The molecule has 0 radical (unpaired) electrons. The van der Waals surface area contributed by atoms with Gasteiger partial charge in [0.25, 0.3) is 5.91 Å². The summed E-state index contributed by atoms with van der Waals surface area (Å²) in [7, 11) is 2.18. The molecule has 1 amide bonds. The highest BCUT2D eigenvalue weighted by Crippen LogP contribution is 2.34. The largest absolute Gasteiger partial charge is 0.370 e. The minimum atomic E-state index is -0.0860. The van der Waals surface area contributed by atoms with Crippen LogP contribution < -0.4 is 15.1 Å². The lowest BCUT2D eigenvalue weighted by Crippen LogP contribution is -2.44. The number of carbonyl (C=O) groups is 1. The van der Waals surface area contributed by atoms with Crippen LogP contribution >= 0.6 is 0 Å². The molecule has 2 N–H and O–H groups in total. The Bertz CT molecular complexity index is 845.